The molecular formula is C33H56O4. The number of carbonyl (C=O) groups is 2. The van der Waals surface area contributed by atoms with Gasteiger partial charge in [0.05, 0.1) is 24.3 Å². The van der Waals surface area contributed by atoms with E-state index in [0.29, 0.717) is 24.3 Å². The van der Waals surface area contributed by atoms with Crippen LogP contribution in [0.5, 0.6) is 0 Å². The molecule has 0 aromatic heterocycles. The molecule has 0 aliphatic heterocycles. The van der Waals surface area contributed by atoms with Crippen molar-refractivity contribution in [2.45, 2.75) is 137 Å². The Balaban J connectivity index is 2.15. The maximum Gasteiger partial charge on any atom is 0.339 e. The van der Waals surface area contributed by atoms with Crippen LogP contribution in [-0.2, 0) is 9.47 Å². The van der Waals surface area contributed by atoms with Crippen LogP contribution in [0.25, 0.3) is 0 Å². The van der Waals surface area contributed by atoms with Gasteiger partial charge in [0.15, 0.2) is 0 Å². The molecule has 0 bridgehead atoms. The van der Waals surface area contributed by atoms with Gasteiger partial charge in [-0.1, -0.05) is 136 Å². The maximum atomic E-state index is 12.6. The summed E-state index contributed by atoms with van der Waals surface area (Å²) in [4.78, 5) is 25.2. The molecular weight excluding hydrogens is 460 g/mol. The molecule has 0 saturated heterocycles. The fourth-order valence-electron chi connectivity index (χ4n) is 4.58. The number of benzene rings is 1. The van der Waals surface area contributed by atoms with Gasteiger partial charge in [0.25, 0.3) is 0 Å². The van der Waals surface area contributed by atoms with E-state index in [1.807, 2.05) is 0 Å². The van der Waals surface area contributed by atoms with Crippen LogP contribution in [0.3, 0.4) is 0 Å². The number of hydrogen-bond donors (Lipinski definition) is 0. The van der Waals surface area contributed by atoms with E-state index in [0.717, 1.165) is 37.5 Å². The van der Waals surface area contributed by atoms with Crippen molar-refractivity contribution in [2.75, 3.05) is 13.2 Å². The molecule has 0 radical (unpaired) electrons. The van der Waals surface area contributed by atoms with Crippen molar-refractivity contribution in [3.05, 3.63) is 35.4 Å². The summed E-state index contributed by atoms with van der Waals surface area (Å²) in [6.07, 6.45) is 20.7. The molecule has 0 atom stereocenters. The van der Waals surface area contributed by atoms with Gasteiger partial charge in [0.1, 0.15) is 0 Å². The van der Waals surface area contributed by atoms with Crippen molar-refractivity contribution < 1.29 is 19.1 Å². The monoisotopic (exact) mass is 516 g/mol. The normalized spacial score (nSPS) is 11.3. The summed E-state index contributed by atoms with van der Waals surface area (Å²) in [6.45, 7) is 9.93. The van der Waals surface area contributed by atoms with E-state index in [-0.39, 0.29) is 0 Å². The Morgan fingerprint density at radius 3 is 1.14 bits per heavy atom. The lowest BCUT2D eigenvalue weighted by Crippen LogP contribution is -2.15. The first-order valence-corrected chi connectivity index (χ1v) is 15.3. The average Bonchev–Trinajstić information content (AvgIpc) is 2.87. The van der Waals surface area contributed by atoms with E-state index < -0.39 is 11.9 Å². The SMILES string of the molecule is CC(C)CCCCCCCCCCOC(=O)c1ccccc1C(=O)OCCCCCCCCCC(C)C. The highest BCUT2D eigenvalue weighted by Gasteiger charge is 2.18. The number of esters is 2. The zero-order valence-corrected chi connectivity index (χ0v) is 24.5. The molecule has 0 saturated carbocycles. The van der Waals surface area contributed by atoms with Gasteiger partial charge in [0, 0.05) is 0 Å². The first kappa shape index (κ1) is 33.2. The van der Waals surface area contributed by atoms with Crippen molar-refractivity contribution in [2.24, 2.45) is 11.8 Å². The summed E-state index contributed by atoms with van der Waals surface area (Å²) >= 11 is 0. The smallest absolute Gasteiger partial charge is 0.339 e. The van der Waals surface area contributed by atoms with Gasteiger partial charge in [-0.3, -0.25) is 0 Å². The topological polar surface area (TPSA) is 52.6 Å². The van der Waals surface area contributed by atoms with E-state index in [1.165, 1.54) is 83.5 Å². The Kier molecular flexibility index (Phi) is 19.9. The van der Waals surface area contributed by atoms with Crippen molar-refractivity contribution >= 4 is 11.9 Å². The molecule has 1 rings (SSSR count). The van der Waals surface area contributed by atoms with Gasteiger partial charge in [-0.15, -0.1) is 0 Å². The van der Waals surface area contributed by atoms with E-state index >= 15 is 0 Å². The highest BCUT2D eigenvalue weighted by atomic mass is 16.5. The molecule has 0 heterocycles. The van der Waals surface area contributed by atoms with Gasteiger partial charge < -0.3 is 9.47 Å². The molecule has 1 aromatic rings. The first-order valence-electron chi connectivity index (χ1n) is 15.3. The van der Waals surface area contributed by atoms with Gasteiger partial charge >= 0.3 is 11.9 Å². The molecule has 0 unspecified atom stereocenters. The van der Waals surface area contributed by atoms with Crippen molar-refractivity contribution in [1.29, 1.82) is 0 Å². The molecule has 0 aliphatic rings. The molecule has 0 N–H and O–H groups in total. The largest absolute Gasteiger partial charge is 0.462 e. The lowest BCUT2D eigenvalue weighted by Gasteiger charge is -2.10. The Bertz CT molecular complexity index is 710. The Morgan fingerprint density at radius 2 is 0.811 bits per heavy atom. The van der Waals surface area contributed by atoms with Crippen LogP contribution in [0.4, 0.5) is 0 Å². The third-order valence-corrected chi connectivity index (χ3v) is 6.93. The van der Waals surface area contributed by atoms with Crippen molar-refractivity contribution in [3.8, 4) is 0 Å². The lowest BCUT2D eigenvalue weighted by molar-refractivity contribution is 0.0450. The second kappa shape index (κ2) is 22.2. The zero-order valence-electron chi connectivity index (χ0n) is 24.5. The van der Waals surface area contributed by atoms with Crippen LogP contribution in [0.2, 0.25) is 0 Å². The van der Waals surface area contributed by atoms with Crippen LogP contribution in [-0.4, -0.2) is 25.2 Å². The van der Waals surface area contributed by atoms with Crippen LogP contribution < -0.4 is 0 Å². The summed E-state index contributed by atoms with van der Waals surface area (Å²) < 4.78 is 10.9. The van der Waals surface area contributed by atoms with Gasteiger partial charge in [0.2, 0.25) is 0 Å². The van der Waals surface area contributed by atoms with Gasteiger partial charge in [-0.2, -0.15) is 0 Å². The van der Waals surface area contributed by atoms with Gasteiger partial charge in [-0.05, 0) is 36.8 Å². The van der Waals surface area contributed by atoms with Crippen molar-refractivity contribution in [1.82, 2.24) is 0 Å². The Morgan fingerprint density at radius 1 is 0.514 bits per heavy atom. The van der Waals surface area contributed by atoms with E-state index in [2.05, 4.69) is 27.7 Å². The fraction of sp³-hybridized carbons (Fsp3) is 0.758. The minimum atomic E-state index is -0.436. The Labute approximate surface area is 228 Å². The molecule has 1 aromatic carbocycles. The van der Waals surface area contributed by atoms with E-state index in [9.17, 15) is 9.59 Å². The molecule has 0 amide bonds. The van der Waals surface area contributed by atoms with Crippen LogP contribution in [0, 0.1) is 11.8 Å². The van der Waals surface area contributed by atoms with Crippen LogP contribution >= 0.6 is 0 Å². The third kappa shape index (κ3) is 18.1. The molecule has 4 nitrogen and oxygen atoms in total. The Hall–Kier alpha value is -1.84. The summed E-state index contributed by atoms with van der Waals surface area (Å²) in [6, 6.07) is 6.82. The van der Waals surface area contributed by atoms with Crippen molar-refractivity contribution in [3.63, 3.8) is 0 Å². The number of ether oxygens (including phenoxy) is 2. The van der Waals surface area contributed by atoms with Crippen LogP contribution in [0.1, 0.15) is 158 Å². The quantitative estimate of drug-likeness (QED) is 0.107. The predicted octanol–water partition coefficient (Wildman–Crippen LogP) is 9.94. The maximum absolute atomic E-state index is 12.6. The summed E-state index contributed by atoms with van der Waals surface area (Å²) in [5.41, 5.74) is 0.602. The number of hydrogen-bond acceptors (Lipinski definition) is 4. The fourth-order valence-corrected chi connectivity index (χ4v) is 4.58. The molecule has 0 fully saturated rings. The highest BCUT2D eigenvalue weighted by Crippen LogP contribution is 2.16. The van der Waals surface area contributed by atoms with E-state index in [4.69, 9.17) is 9.47 Å². The summed E-state index contributed by atoms with van der Waals surface area (Å²) in [7, 11) is 0. The molecule has 37 heavy (non-hydrogen) atoms. The number of unbranched alkanes of at least 4 members (excludes halogenated alkanes) is 13. The first-order chi connectivity index (χ1) is 17.9. The standard InChI is InChI=1S/C33H56O4/c1-28(2)22-16-12-8-5-6-10-14-20-26-36-32(34)30-24-18-19-25-31(30)33(35)37-27-21-15-11-7-9-13-17-23-29(3)4/h18-19,24-25,28-29H,5-17,20-23,26-27H2,1-4H3. The second-order valence-corrected chi connectivity index (χ2v) is 11.5. The summed E-state index contributed by atoms with van der Waals surface area (Å²) in [5.74, 6) is 0.745. The average molecular weight is 517 g/mol. The highest BCUT2D eigenvalue weighted by molar-refractivity contribution is 6.03. The molecule has 0 aliphatic carbocycles. The lowest BCUT2D eigenvalue weighted by atomic mass is 10.0. The summed E-state index contributed by atoms with van der Waals surface area (Å²) in [5, 5.41) is 0. The second-order valence-electron chi connectivity index (χ2n) is 11.5. The molecule has 4 heteroatoms. The van der Waals surface area contributed by atoms with E-state index in [1.54, 1.807) is 24.3 Å². The predicted molar refractivity (Wildman–Crippen MR) is 155 cm³/mol. The zero-order chi connectivity index (χ0) is 27.1. The minimum absolute atomic E-state index is 0.301. The molecule has 0 spiro atoms. The number of rotatable bonds is 23. The molecule has 212 valence electrons. The minimum Gasteiger partial charge on any atom is -0.462 e. The van der Waals surface area contributed by atoms with Crippen LogP contribution in [0.15, 0.2) is 24.3 Å². The number of carbonyl (C=O) groups excluding carboxylic acids is 2. The third-order valence-electron chi connectivity index (χ3n) is 6.93. The van der Waals surface area contributed by atoms with Gasteiger partial charge in [-0.25, -0.2) is 9.59 Å².